The molecule has 0 atom stereocenters. The average molecular weight is 415 g/mol. The van der Waals surface area contributed by atoms with E-state index in [1.54, 1.807) is 6.07 Å². The summed E-state index contributed by atoms with van der Waals surface area (Å²) >= 11 is 0. The largest absolute Gasteiger partial charge is 1.00 e. The molecule has 0 aliphatic rings. The maximum Gasteiger partial charge on any atom is 1.00 e. The Kier molecular flexibility index (Phi) is 12.0. The third-order valence-corrected chi connectivity index (χ3v) is 5.13. The van der Waals surface area contributed by atoms with E-state index < -0.39 is 10.1 Å². The predicted octanol–water partition coefficient (Wildman–Crippen LogP) is 2.68. The Hall–Kier alpha value is -0.214. The van der Waals surface area contributed by atoms with Crippen molar-refractivity contribution in [1.82, 2.24) is 0 Å². The van der Waals surface area contributed by atoms with E-state index >= 15 is 0 Å². The van der Waals surface area contributed by atoms with Crippen molar-refractivity contribution in [2.45, 2.75) is 63.2 Å². The van der Waals surface area contributed by atoms with Crippen molar-refractivity contribution in [2.75, 3.05) is 0 Å². The molecular formula is C21H27KO4S. The number of hydrogen-bond donors (Lipinski definition) is 0. The number of benzene rings is 2. The average Bonchev–Trinajstić information content (AvgIpc) is 2.61. The molecule has 0 aliphatic heterocycles. The molecule has 0 amide bonds. The van der Waals surface area contributed by atoms with Crippen LogP contribution in [-0.4, -0.2) is 13.0 Å². The minimum Gasteiger partial charge on any atom is -0.744 e. The van der Waals surface area contributed by atoms with Crippen LogP contribution in [0.5, 0.6) is 11.5 Å². The Morgan fingerprint density at radius 2 is 1.44 bits per heavy atom. The number of aryl methyl sites for hydroxylation is 1. The van der Waals surface area contributed by atoms with Crippen LogP contribution in [0.15, 0.2) is 53.4 Å². The molecule has 0 unspecified atom stereocenters. The molecule has 0 bridgehead atoms. The summed E-state index contributed by atoms with van der Waals surface area (Å²) < 4.78 is 39.1. The van der Waals surface area contributed by atoms with Gasteiger partial charge in [0.05, 0.1) is 4.90 Å². The minimum atomic E-state index is -4.48. The van der Waals surface area contributed by atoms with E-state index in [9.17, 15) is 13.0 Å². The van der Waals surface area contributed by atoms with Gasteiger partial charge in [-0.3, -0.25) is 0 Å². The molecule has 2 rings (SSSR count). The molecular weight excluding hydrogens is 387 g/mol. The summed E-state index contributed by atoms with van der Waals surface area (Å²) in [5, 5.41) is 0. The maximum absolute atomic E-state index is 11.1. The standard InChI is InChI=1S/C21H28O4S.K/c1-2-3-4-5-6-7-8-11-18-12-9-13-19(16-18)25-20-14-10-15-21(17-20)26(22,23)24;/h9-10,12-17H,2-8,11H2,1H3,(H,22,23,24);/q;+1/p-1. The molecule has 0 spiro atoms. The van der Waals surface area contributed by atoms with Gasteiger partial charge < -0.3 is 9.29 Å². The van der Waals surface area contributed by atoms with Crippen molar-refractivity contribution in [3.8, 4) is 11.5 Å². The molecule has 4 nitrogen and oxygen atoms in total. The smallest absolute Gasteiger partial charge is 0.744 e. The van der Waals surface area contributed by atoms with Gasteiger partial charge in [-0.2, -0.15) is 0 Å². The number of ether oxygens (including phenoxy) is 1. The van der Waals surface area contributed by atoms with Gasteiger partial charge in [0.15, 0.2) is 0 Å². The Morgan fingerprint density at radius 3 is 2.11 bits per heavy atom. The molecule has 0 aliphatic carbocycles. The first-order valence-corrected chi connectivity index (χ1v) is 10.7. The van der Waals surface area contributed by atoms with Crippen LogP contribution in [0.25, 0.3) is 0 Å². The first-order chi connectivity index (χ1) is 12.5. The monoisotopic (exact) mass is 414 g/mol. The van der Waals surface area contributed by atoms with Gasteiger partial charge in [0.1, 0.15) is 21.6 Å². The van der Waals surface area contributed by atoms with Crippen molar-refractivity contribution < 1.29 is 69.1 Å². The van der Waals surface area contributed by atoms with Gasteiger partial charge in [0, 0.05) is 0 Å². The van der Waals surface area contributed by atoms with E-state index in [1.165, 1.54) is 62.3 Å². The van der Waals surface area contributed by atoms with Crippen LogP contribution in [0.3, 0.4) is 0 Å². The summed E-state index contributed by atoms with van der Waals surface area (Å²) in [7, 11) is -4.48. The van der Waals surface area contributed by atoms with E-state index in [2.05, 4.69) is 13.0 Å². The van der Waals surface area contributed by atoms with Crippen LogP contribution >= 0.6 is 0 Å². The Morgan fingerprint density at radius 1 is 0.852 bits per heavy atom. The van der Waals surface area contributed by atoms with E-state index in [0.717, 1.165) is 12.8 Å². The summed E-state index contributed by atoms with van der Waals surface area (Å²) in [6.45, 7) is 2.23. The second-order valence-electron chi connectivity index (χ2n) is 6.55. The summed E-state index contributed by atoms with van der Waals surface area (Å²) in [6, 6.07) is 13.5. The van der Waals surface area contributed by atoms with Crippen LogP contribution in [0.2, 0.25) is 0 Å². The number of hydrogen-bond acceptors (Lipinski definition) is 4. The maximum atomic E-state index is 11.1. The van der Waals surface area contributed by atoms with Crippen molar-refractivity contribution in [3.05, 3.63) is 54.1 Å². The van der Waals surface area contributed by atoms with Gasteiger partial charge in [0.2, 0.25) is 0 Å². The molecule has 0 radical (unpaired) electrons. The molecule has 0 saturated heterocycles. The third kappa shape index (κ3) is 9.70. The van der Waals surface area contributed by atoms with Gasteiger partial charge in [-0.15, -0.1) is 0 Å². The Balaban J connectivity index is 0.00000364. The molecule has 0 fully saturated rings. The zero-order chi connectivity index (χ0) is 18.8. The molecule has 0 heterocycles. The van der Waals surface area contributed by atoms with Crippen LogP contribution in [0.4, 0.5) is 0 Å². The van der Waals surface area contributed by atoms with Crippen LogP contribution in [0.1, 0.15) is 57.4 Å². The van der Waals surface area contributed by atoms with Gasteiger partial charge in [0.25, 0.3) is 0 Å². The fourth-order valence-electron chi connectivity index (χ4n) is 2.88. The quantitative estimate of drug-likeness (QED) is 0.322. The molecule has 6 heteroatoms. The SMILES string of the molecule is CCCCCCCCCc1cccc(Oc2cccc(S(=O)(=O)[O-])c2)c1.[K+]. The second kappa shape index (κ2) is 13.1. The topological polar surface area (TPSA) is 66.4 Å². The van der Waals surface area contributed by atoms with E-state index in [0.29, 0.717) is 11.5 Å². The predicted molar refractivity (Wildman–Crippen MR) is 103 cm³/mol. The normalized spacial score (nSPS) is 11.0. The van der Waals surface area contributed by atoms with Crippen LogP contribution in [0, 0.1) is 0 Å². The van der Waals surface area contributed by atoms with Crippen molar-refractivity contribution in [2.24, 2.45) is 0 Å². The van der Waals surface area contributed by atoms with Gasteiger partial charge in [-0.05, 0) is 48.7 Å². The van der Waals surface area contributed by atoms with E-state index in [4.69, 9.17) is 4.74 Å². The second-order valence-corrected chi connectivity index (χ2v) is 7.93. The van der Waals surface area contributed by atoms with E-state index in [-0.39, 0.29) is 56.3 Å². The Bertz CT molecular complexity index is 790. The van der Waals surface area contributed by atoms with Crippen molar-refractivity contribution in [3.63, 3.8) is 0 Å². The molecule has 27 heavy (non-hydrogen) atoms. The summed E-state index contributed by atoms with van der Waals surface area (Å²) in [5.41, 5.74) is 1.20. The molecule has 2 aromatic carbocycles. The van der Waals surface area contributed by atoms with Gasteiger partial charge >= 0.3 is 51.4 Å². The van der Waals surface area contributed by atoms with Crippen LogP contribution < -0.4 is 56.1 Å². The molecule has 0 saturated carbocycles. The summed E-state index contributed by atoms with van der Waals surface area (Å²) in [5.74, 6) is 0.987. The molecule has 0 N–H and O–H groups in total. The number of rotatable bonds is 11. The zero-order valence-electron chi connectivity index (χ0n) is 16.3. The minimum absolute atomic E-state index is 0. The molecule has 142 valence electrons. The van der Waals surface area contributed by atoms with E-state index in [1.807, 2.05) is 18.2 Å². The first kappa shape index (κ1) is 24.8. The molecule has 2 aromatic rings. The van der Waals surface area contributed by atoms with Crippen LogP contribution in [-0.2, 0) is 16.5 Å². The van der Waals surface area contributed by atoms with Crippen molar-refractivity contribution in [1.29, 1.82) is 0 Å². The van der Waals surface area contributed by atoms with Gasteiger partial charge in [-0.25, -0.2) is 8.42 Å². The third-order valence-electron chi connectivity index (χ3n) is 4.30. The summed E-state index contributed by atoms with van der Waals surface area (Å²) in [6.07, 6.45) is 9.92. The van der Waals surface area contributed by atoms with Gasteiger partial charge in [-0.1, -0.05) is 63.6 Å². The fraction of sp³-hybridized carbons (Fsp3) is 0.429. The fourth-order valence-corrected chi connectivity index (χ4v) is 3.39. The zero-order valence-corrected chi connectivity index (χ0v) is 20.3. The van der Waals surface area contributed by atoms with Crippen molar-refractivity contribution >= 4 is 10.1 Å². The molecule has 0 aromatic heterocycles. The number of unbranched alkanes of at least 4 members (excludes halogenated alkanes) is 6. The Labute approximate surface area is 205 Å². The first-order valence-electron chi connectivity index (χ1n) is 9.32. The summed E-state index contributed by atoms with van der Waals surface area (Å²) in [4.78, 5) is -0.283.